The molecule has 3 aromatic rings. The smallest absolute Gasteiger partial charge is 0.194 e. The van der Waals surface area contributed by atoms with E-state index >= 15 is 0 Å². The van der Waals surface area contributed by atoms with Gasteiger partial charge in [-0.3, -0.25) is 0 Å². The topological polar surface area (TPSA) is 76.8 Å². The highest BCUT2D eigenvalue weighted by atomic mass is 127. The summed E-state index contributed by atoms with van der Waals surface area (Å²) in [6.07, 6.45) is 0.870. The van der Waals surface area contributed by atoms with Crippen LogP contribution in [0.25, 0.3) is 0 Å². The number of ether oxygens (including phenoxy) is 2. The lowest BCUT2D eigenvalue weighted by molar-refractivity contribution is 0.395. The molecule has 2 aromatic carbocycles. The van der Waals surface area contributed by atoms with Crippen molar-refractivity contribution >= 4 is 29.9 Å². The van der Waals surface area contributed by atoms with E-state index in [1.165, 1.54) is 5.56 Å². The average Bonchev–Trinajstić information content (AvgIpc) is 3.14. The highest BCUT2D eigenvalue weighted by Crippen LogP contribution is 2.19. The van der Waals surface area contributed by atoms with Crippen molar-refractivity contribution in [1.82, 2.24) is 25.0 Å². The molecule has 0 aliphatic heterocycles. The number of para-hydroxylation sites is 1. The van der Waals surface area contributed by atoms with E-state index in [1.807, 2.05) is 55.9 Å². The zero-order valence-electron chi connectivity index (χ0n) is 19.9. The number of nitrogens with zero attached hydrogens (tertiary/aromatic N) is 5. The van der Waals surface area contributed by atoms with Gasteiger partial charge in [0.1, 0.15) is 23.9 Å². The Morgan fingerprint density at radius 1 is 1.06 bits per heavy atom. The Bertz CT molecular complexity index is 1040. The molecule has 33 heavy (non-hydrogen) atoms. The van der Waals surface area contributed by atoms with Crippen LogP contribution in [-0.2, 0) is 26.6 Å². The minimum atomic E-state index is 0. The maximum absolute atomic E-state index is 5.51. The molecule has 0 saturated carbocycles. The lowest BCUT2D eigenvalue weighted by atomic mass is 10.1. The first kappa shape index (κ1) is 26.4. The summed E-state index contributed by atoms with van der Waals surface area (Å²) in [5.41, 5.74) is 2.32. The van der Waals surface area contributed by atoms with Gasteiger partial charge in [-0.05, 0) is 37.1 Å². The second-order valence-corrected chi connectivity index (χ2v) is 7.56. The number of nitrogens with one attached hydrogen (secondary N) is 1. The fourth-order valence-corrected chi connectivity index (χ4v) is 3.32. The molecule has 1 heterocycles. The summed E-state index contributed by atoms with van der Waals surface area (Å²) < 4.78 is 12.7. The summed E-state index contributed by atoms with van der Waals surface area (Å²) in [5.74, 6) is 4.21. The Balaban J connectivity index is 0.00000385. The fourth-order valence-electron chi connectivity index (χ4n) is 3.32. The molecule has 0 atom stereocenters. The summed E-state index contributed by atoms with van der Waals surface area (Å²) in [7, 11) is 7.34. The normalized spacial score (nSPS) is 11.0. The third kappa shape index (κ3) is 7.34. The maximum Gasteiger partial charge on any atom is 0.194 e. The number of halogens is 1. The van der Waals surface area contributed by atoms with Crippen LogP contribution in [0.5, 0.6) is 11.5 Å². The average molecular weight is 564 g/mol. The Kier molecular flexibility index (Phi) is 10.4. The lowest BCUT2D eigenvalue weighted by Gasteiger charge is -2.23. The third-order valence-electron chi connectivity index (χ3n) is 5.37. The highest BCUT2D eigenvalue weighted by molar-refractivity contribution is 14.0. The van der Waals surface area contributed by atoms with Gasteiger partial charge in [0.05, 0.1) is 14.2 Å². The van der Waals surface area contributed by atoms with Crippen LogP contribution in [0.15, 0.2) is 53.5 Å². The van der Waals surface area contributed by atoms with E-state index in [4.69, 9.17) is 14.5 Å². The van der Waals surface area contributed by atoms with Crippen LogP contribution >= 0.6 is 24.0 Å². The van der Waals surface area contributed by atoms with Crippen molar-refractivity contribution < 1.29 is 9.47 Å². The van der Waals surface area contributed by atoms with Gasteiger partial charge in [-0.15, -0.1) is 34.2 Å². The molecule has 0 radical (unpaired) electrons. The summed E-state index contributed by atoms with van der Waals surface area (Å²) in [5, 5.41) is 11.9. The molecule has 0 spiro atoms. The van der Waals surface area contributed by atoms with E-state index in [0.717, 1.165) is 47.6 Å². The van der Waals surface area contributed by atoms with Gasteiger partial charge in [0.25, 0.3) is 0 Å². The summed E-state index contributed by atoms with van der Waals surface area (Å²) >= 11 is 0. The SMILES string of the molecule is COc1ccc(CCNC(=NCc2nnc(C)n2C)N(C)Cc2ccccc2OC)cc1.I. The lowest BCUT2D eigenvalue weighted by Crippen LogP contribution is -2.39. The quantitative estimate of drug-likeness (QED) is 0.243. The van der Waals surface area contributed by atoms with E-state index in [9.17, 15) is 0 Å². The van der Waals surface area contributed by atoms with Gasteiger partial charge in [0, 0.05) is 32.7 Å². The maximum atomic E-state index is 5.51. The number of hydrogen-bond donors (Lipinski definition) is 1. The van der Waals surface area contributed by atoms with E-state index in [2.05, 4.69) is 38.6 Å². The van der Waals surface area contributed by atoms with Crippen molar-refractivity contribution in [3.05, 3.63) is 71.3 Å². The Morgan fingerprint density at radius 3 is 2.42 bits per heavy atom. The van der Waals surface area contributed by atoms with Gasteiger partial charge >= 0.3 is 0 Å². The molecule has 1 aromatic heterocycles. The molecule has 0 aliphatic rings. The van der Waals surface area contributed by atoms with Crippen LogP contribution in [-0.4, -0.2) is 53.4 Å². The van der Waals surface area contributed by atoms with E-state index in [1.54, 1.807) is 14.2 Å². The van der Waals surface area contributed by atoms with Crippen molar-refractivity contribution in [2.24, 2.45) is 12.0 Å². The predicted octanol–water partition coefficient (Wildman–Crippen LogP) is 3.58. The molecule has 0 saturated heterocycles. The number of hydrogen-bond acceptors (Lipinski definition) is 5. The first-order valence-electron chi connectivity index (χ1n) is 10.6. The van der Waals surface area contributed by atoms with Gasteiger partial charge in [-0.25, -0.2) is 4.99 Å². The van der Waals surface area contributed by atoms with Crippen molar-refractivity contribution in [2.45, 2.75) is 26.4 Å². The largest absolute Gasteiger partial charge is 0.497 e. The molecule has 178 valence electrons. The van der Waals surface area contributed by atoms with Crippen LogP contribution < -0.4 is 14.8 Å². The number of benzene rings is 2. The molecule has 0 unspecified atom stereocenters. The Labute approximate surface area is 213 Å². The van der Waals surface area contributed by atoms with Gasteiger partial charge in [0.15, 0.2) is 11.8 Å². The van der Waals surface area contributed by atoms with Gasteiger partial charge in [-0.1, -0.05) is 30.3 Å². The first-order chi connectivity index (χ1) is 15.5. The van der Waals surface area contributed by atoms with Crippen molar-refractivity contribution in [3.63, 3.8) is 0 Å². The molecule has 3 rings (SSSR count). The van der Waals surface area contributed by atoms with Gasteiger partial charge in [0.2, 0.25) is 0 Å². The van der Waals surface area contributed by atoms with E-state index < -0.39 is 0 Å². The molecule has 1 N–H and O–H groups in total. The third-order valence-corrected chi connectivity index (χ3v) is 5.37. The number of guanidine groups is 1. The molecule has 0 bridgehead atoms. The second-order valence-electron chi connectivity index (χ2n) is 7.56. The van der Waals surface area contributed by atoms with Gasteiger partial charge in [-0.2, -0.15) is 0 Å². The molecular formula is C24H33IN6O2. The van der Waals surface area contributed by atoms with Crippen LogP contribution in [0, 0.1) is 6.92 Å². The Hall–Kier alpha value is -2.82. The van der Waals surface area contributed by atoms with Gasteiger partial charge < -0.3 is 24.3 Å². The fraction of sp³-hybridized carbons (Fsp3) is 0.375. The number of aryl methyl sites for hydroxylation is 1. The minimum absolute atomic E-state index is 0. The van der Waals surface area contributed by atoms with E-state index in [0.29, 0.717) is 13.1 Å². The molecule has 9 heteroatoms. The standard InChI is InChI=1S/C24H32N6O2.HI/c1-18-27-28-23(30(18)3)16-26-24(25-15-14-19-10-12-21(31-4)13-11-19)29(2)17-20-8-6-7-9-22(20)32-5;/h6-13H,14-17H2,1-5H3,(H,25,26);1H. The monoisotopic (exact) mass is 564 g/mol. The number of aromatic nitrogens is 3. The predicted molar refractivity (Wildman–Crippen MR) is 141 cm³/mol. The van der Waals surface area contributed by atoms with Crippen molar-refractivity contribution in [2.75, 3.05) is 27.8 Å². The summed E-state index contributed by atoms with van der Waals surface area (Å²) in [6, 6.07) is 16.2. The van der Waals surface area contributed by atoms with Crippen LogP contribution in [0.1, 0.15) is 22.8 Å². The van der Waals surface area contributed by atoms with Crippen LogP contribution in [0.4, 0.5) is 0 Å². The number of aliphatic imine (C=N–C) groups is 1. The second kappa shape index (κ2) is 13.0. The highest BCUT2D eigenvalue weighted by Gasteiger charge is 2.12. The van der Waals surface area contributed by atoms with E-state index in [-0.39, 0.29) is 24.0 Å². The van der Waals surface area contributed by atoms with Crippen LogP contribution in [0.3, 0.4) is 0 Å². The Morgan fingerprint density at radius 2 is 1.79 bits per heavy atom. The summed E-state index contributed by atoms with van der Waals surface area (Å²) in [4.78, 5) is 6.92. The van der Waals surface area contributed by atoms with Crippen molar-refractivity contribution in [3.8, 4) is 11.5 Å². The molecule has 0 aliphatic carbocycles. The minimum Gasteiger partial charge on any atom is -0.497 e. The summed E-state index contributed by atoms with van der Waals surface area (Å²) in [6.45, 7) is 3.79. The van der Waals surface area contributed by atoms with Crippen molar-refractivity contribution in [1.29, 1.82) is 0 Å². The number of rotatable bonds is 9. The first-order valence-corrected chi connectivity index (χ1v) is 10.6. The zero-order chi connectivity index (χ0) is 22.9. The number of methoxy groups -OCH3 is 2. The molecular weight excluding hydrogens is 531 g/mol. The van der Waals surface area contributed by atoms with Crippen LogP contribution in [0.2, 0.25) is 0 Å². The molecule has 8 nitrogen and oxygen atoms in total. The zero-order valence-corrected chi connectivity index (χ0v) is 22.2. The molecule has 0 fully saturated rings. The molecule has 0 amide bonds.